The van der Waals surface area contributed by atoms with Crippen LogP contribution in [0.5, 0.6) is 0 Å². The summed E-state index contributed by atoms with van der Waals surface area (Å²) in [6.45, 7) is 2.67. The van der Waals surface area contributed by atoms with E-state index in [0.717, 1.165) is 40.0 Å². The van der Waals surface area contributed by atoms with Crippen LogP contribution in [0.3, 0.4) is 0 Å². The summed E-state index contributed by atoms with van der Waals surface area (Å²) in [5.41, 5.74) is 7.11. The van der Waals surface area contributed by atoms with Crippen molar-refractivity contribution in [1.29, 1.82) is 0 Å². The standard InChI is InChI=1S/C25H23N5O/c1-18-13-20(17-30(18)25(31)10-7-19-5-3-2-4-6-19)16-29-12-11-23-24(29)9-8-22(28-23)21-14-26-27-15-21/h2-6,8-9,11-15,17H,7,10,16H2,1H3,(H,26,27). The summed E-state index contributed by atoms with van der Waals surface area (Å²) >= 11 is 0. The lowest BCUT2D eigenvalue weighted by atomic mass is 10.1. The summed E-state index contributed by atoms with van der Waals surface area (Å²) in [6.07, 6.45) is 8.85. The minimum absolute atomic E-state index is 0.122. The lowest BCUT2D eigenvalue weighted by Crippen LogP contribution is -2.11. The van der Waals surface area contributed by atoms with Gasteiger partial charge in [-0.15, -0.1) is 0 Å². The Morgan fingerprint density at radius 1 is 1.06 bits per heavy atom. The zero-order chi connectivity index (χ0) is 21.2. The molecule has 0 saturated heterocycles. The number of hydrogen-bond donors (Lipinski definition) is 1. The molecular weight excluding hydrogens is 386 g/mol. The Balaban J connectivity index is 1.32. The Labute approximate surface area is 180 Å². The molecular formula is C25H23N5O. The number of nitrogens with one attached hydrogen (secondary N) is 1. The third-order valence-electron chi connectivity index (χ3n) is 5.58. The van der Waals surface area contributed by atoms with Crippen LogP contribution >= 0.6 is 0 Å². The molecule has 5 rings (SSSR count). The lowest BCUT2D eigenvalue weighted by Gasteiger charge is -2.05. The van der Waals surface area contributed by atoms with Crippen molar-refractivity contribution in [3.63, 3.8) is 0 Å². The monoisotopic (exact) mass is 409 g/mol. The fraction of sp³-hybridized carbons (Fsp3) is 0.160. The molecule has 0 aliphatic heterocycles. The van der Waals surface area contributed by atoms with Crippen molar-refractivity contribution < 1.29 is 4.79 Å². The van der Waals surface area contributed by atoms with Gasteiger partial charge in [0, 0.05) is 42.8 Å². The summed E-state index contributed by atoms with van der Waals surface area (Å²) in [5.74, 6) is 0.122. The Morgan fingerprint density at radius 3 is 2.74 bits per heavy atom. The Morgan fingerprint density at radius 2 is 1.94 bits per heavy atom. The predicted molar refractivity (Wildman–Crippen MR) is 121 cm³/mol. The van der Waals surface area contributed by atoms with Crippen LogP contribution in [0.15, 0.2) is 79.4 Å². The molecule has 0 radical (unpaired) electrons. The first-order valence-corrected chi connectivity index (χ1v) is 10.4. The second-order valence-electron chi connectivity index (χ2n) is 7.77. The van der Waals surface area contributed by atoms with Crippen molar-refractivity contribution >= 4 is 16.9 Å². The summed E-state index contributed by atoms with van der Waals surface area (Å²) < 4.78 is 3.94. The lowest BCUT2D eigenvalue weighted by molar-refractivity contribution is 0.0901. The SMILES string of the molecule is Cc1cc(Cn2ccc3nc(-c4cn[nH]c4)ccc32)cn1C(=O)CCc1ccccc1. The molecule has 31 heavy (non-hydrogen) atoms. The number of aromatic amines is 1. The molecule has 0 spiro atoms. The van der Waals surface area contributed by atoms with Crippen LogP contribution in [-0.4, -0.2) is 30.2 Å². The van der Waals surface area contributed by atoms with Crippen LogP contribution < -0.4 is 0 Å². The molecule has 0 aliphatic rings. The molecule has 0 fully saturated rings. The zero-order valence-electron chi connectivity index (χ0n) is 17.3. The van der Waals surface area contributed by atoms with Crippen molar-refractivity contribution in [1.82, 2.24) is 24.3 Å². The van der Waals surface area contributed by atoms with Gasteiger partial charge in [-0.1, -0.05) is 30.3 Å². The first-order valence-electron chi connectivity index (χ1n) is 10.4. The van der Waals surface area contributed by atoms with Crippen molar-refractivity contribution in [3.05, 3.63) is 96.2 Å². The molecule has 1 N–H and O–H groups in total. The number of carbonyl (C=O) groups is 1. The summed E-state index contributed by atoms with van der Waals surface area (Å²) in [5, 5.41) is 6.82. The molecule has 4 aromatic heterocycles. The van der Waals surface area contributed by atoms with Gasteiger partial charge in [0.15, 0.2) is 0 Å². The molecule has 1 aromatic carbocycles. The van der Waals surface area contributed by atoms with E-state index in [0.29, 0.717) is 13.0 Å². The Bertz CT molecular complexity index is 1330. The fourth-order valence-corrected chi connectivity index (χ4v) is 3.97. The van der Waals surface area contributed by atoms with Gasteiger partial charge in [0.1, 0.15) is 0 Å². The molecule has 154 valence electrons. The van der Waals surface area contributed by atoms with E-state index in [1.165, 1.54) is 5.56 Å². The summed E-state index contributed by atoms with van der Waals surface area (Å²) in [4.78, 5) is 17.5. The number of pyridine rings is 1. The van der Waals surface area contributed by atoms with E-state index in [1.807, 2.05) is 55.8 Å². The number of aryl methyl sites for hydroxylation is 2. The largest absolute Gasteiger partial charge is 0.342 e. The maximum Gasteiger partial charge on any atom is 0.231 e. The highest BCUT2D eigenvalue weighted by Crippen LogP contribution is 2.22. The molecule has 4 heterocycles. The maximum absolute atomic E-state index is 12.8. The third kappa shape index (κ3) is 3.92. The van der Waals surface area contributed by atoms with E-state index in [4.69, 9.17) is 4.98 Å². The van der Waals surface area contributed by atoms with Crippen LogP contribution in [0.4, 0.5) is 0 Å². The van der Waals surface area contributed by atoms with Gasteiger partial charge in [0.05, 0.1) is 22.9 Å². The summed E-state index contributed by atoms with van der Waals surface area (Å²) in [7, 11) is 0. The zero-order valence-corrected chi connectivity index (χ0v) is 17.3. The van der Waals surface area contributed by atoms with Crippen LogP contribution in [0.2, 0.25) is 0 Å². The van der Waals surface area contributed by atoms with Gasteiger partial charge in [-0.05, 0) is 48.7 Å². The minimum Gasteiger partial charge on any atom is -0.342 e. The number of hydrogen-bond acceptors (Lipinski definition) is 3. The molecule has 0 amide bonds. The molecule has 5 aromatic rings. The maximum atomic E-state index is 12.8. The van der Waals surface area contributed by atoms with E-state index in [-0.39, 0.29) is 5.91 Å². The van der Waals surface area contributed by atoms with E-state index in [9.17, 15) is 4.79 Å². The highest BCUT2D eigenvalue weighted by molar-refractivity contribution is 5.81. The van der Waals surface area contributed by atoms with Gasteiger partial charge in [-0.3, -0.25) is 14.5 Å². The van der Waals surface area contributed by atoms with Crippen LogP contribution in [0.1, 0.15) is 28.0 Å². The van der Waals surface area contributed by atoms with Crippen molar-refractivity contribution in [2.75, 3.05) is 0 Å². The number of fused-ring (bicyclic) bond motifs is 1. The van der Waals surface area contributed by atoms with Crippen LogP contribution in [0.25, 0.3) is 22.3 Å². The van der Waals surface area contributed by atoms with Gasteiger partial charge in [0.2, 0.25) is 5.91 Å². The first-order chi connectivity index (χ1) is 15.2. The van der Waals surface area contributed by atoms with Gasteiger partial charge in [-0.2, -0.15) is 5.10 Å². The topological polar surface area (TPSA) is 68.5 Å². The molecule has 6 heteroatoms. The number of rotatable bonds is 6. The van der Waals surface area contributed by atoms with Crippen LogP contribution in [0, 0.1) is 6.92 Å². The first kappa shape index (κ1) is 19.1. The van der Waals surface area contributed by atoms with E-state index >= 15 is 0 Å². The Hall–Kier alpha value is -3.93. The average molecular weight is 409 g/mol. The van der Waals surface area contributed by atoms with Gasteiger partial charge in [-0.25, -0.2) is 4.98 Å². The van der Waals surface area contributed by atoms with Gasteiger partial charge >= 0.3 is 0 Å². The quantitative estimate of drug-likeness (QED) is 0.436. The number of H-pyrrole nitrogens is 1. The van der Waals surface area contributed by atoms with Crippen molar-refractivity contribution in [2.24, 2.45) is 0 Å². The minimum atomic E-state index is 0.122. The average Bonchev–Trinajstić information content (AvgIpc) is 3.53. The summed E-state index contributed by atoms with van der Waals surface area (Å²) in [6, 6.07) is 18.3. The number of carbonyl (C=O) groups excluding carboxylic acids is 1. The number of benzene rings is 1. The second kappa shape index (κ2) is 8.07. The highest BCUT2D eigenvalue weighted by atomic mass is 16.2. The van der Waals surface area contributed by atoms with E-state index in [2.05, 4.69) is 39.0 Å². The molecule has 0 unspecified atom stereocenters. The van der Waals surface area contributed by atoms with E-state index in [1.54, 1.807) is 10.8 Å². The third-order valence-corrected chi connectivity index (χ3v) is 5.58. The van der Waals surface area contributed by atoms with Gasteiger partial charge in [0.25, 0.3) is 0 Å². The molecule has 0 atom stereocenters. The van der Waals surface area contributed by atoms with Gasteiger partial charge < -0.3 is 4.57 Å². The molecule has 6 nitrogen and oxygen atoms in total. The number of aromatic nitrogens is 5. The molecule has 0 bridgehead atoms. The number of nitrogens with zero attached hydrogens (tertiary/aromatic N) is 4. The van der Waals surface area contributed by atoms with Crippen LogP contribution in [-0.2, 0) is 13.0 Å². The van der Waals surface area contributed by atoms with Crippen molar-refractivity contribution in [2.45, 2.75) is 26.3 Å². The second-order valence-corrected chi connectivity index (χ2v) is 7.77. The fourth-order valence-electron chi connectivity index (χ4n) is 3.97. The highest BCUT2D eigenvalue weighted by Gasteiger charge is 2.12. The molecule has 0 aliphatic carbocycles. The molecule has 0 saturated carbocycles. The van der Waals surface area contributed by atoms with Crippen molar-refractivity contribution in [3.8, 4) is 11.3 Å². The Kier molecular flexibility index (Phi) is 4.96. The van der Waals surface area contributed by atoms with E-state index < -0.39 is 0 Å². The smallest absolute Gasteiger partial charge is 0.231 e. The normalized spacial score (nSPS) is 11.3. The predicted octanol–water partition coefficient (Wildman–Crippen LogP) is 4.86.